The molecule has 8 heteroatoms. The Morgan fingerprint density at radius 1 is 1.23 bits per heavy atom. The van der Waals surface area contributed by atoms with E-state index in [2.05, 4.69) is 37.2 Å². The number of imidazole rings is 1. The third kappa shape index (κ3) is 2.95. The highest BCUT2D eigenvalue weighted by atomic mass is 15.2. The van der Waals surface area contributed by atoms with E-state index in [-0.39, 0.29) is 0 Å². The summed E-state index contributed by atoms with van der Waals surface area (Å²) in [6.07, 6.45) is 8.88. The highest BCUT2D eigenvalue weighted by Crippen LogP contribution is 2.18. The normalized spacial score (nSPS) is 11.0. The number of hydrogen-bond donors (Lipinski definition) is 2. The largest absolute Gasteiger partial charge is 0.382 e. The molecule has 22 heavy (non-hydrogen) atoms. The molecule has 3 aromatic rings. The minimum atomic E-state index is 0.377. The van der Waals surface area contributed by atoms with Gasteiger partial charge in [-0.25, -0.2) is 4.98 Å². The van der Waals surface area contributed by atoms with E-state index in [1.807, 2.05) is 4.57 Å². The predicted octanol–water partition coefficient (Wildman–Crippen LogP) is 1.46. The lowest BCUT2D eigenvalue weighted by Gasteiger charge is -2.07. The van der Waals surface area contributed by atoms with Gasteiger partial charge < -0.3 is 15.6 Å². The second kappa shape index (κ2) is 6.33. The number of nitrogens with zero attached hydrogens (tertiary/aromatic N) is 6. The molecular formula is C14H18N8. The van der Waals surface area contributed by atoms with Crippen molar-refractivity contribution < 1.29 is 0 Å². The Morgan fingerprint density at radius 2 is 2.14 bits per heavy atom. The Hall–Kier alpha value is -2.77. The van der Waals surface area contributed by atoms with Crippen molar-refractivity contribution >= 4 is 22.9 Å². The predicted molar refractivity (Wildman–Crippen MR) is 84.3 cm³/mol. The zero-order valence-corrected chi connectivity index (χ0v) is 12.4. The van der Waals surface area contributed by atoms with Gasteiger partial charge in [-0.15, -0.1) is 0 Å². The van der Waals surface area contributed by atoms with Crippen LogP contribution in [0.1, 0.15) is 25.5 Å². The molecule has 8 nitrogen and oxygen atoms in total. The van der Waals surface area contributed by atoms with Gasteiger partial charge in [-0.1, -0.05) is 13.3 Å². The van der Waals surface area contributed by atoms with E-state index in [1.165, 1.54) is 0 Å². The van der Waals surface area contributed by atoms with Crippen LogP contribution in [0.2, 0.25) is 0 Å². The summed E-state index contributed by atoms with van der Waals surface area (Å²) in [7, 11) is 0. The number of nitrogens with two attached hydrogens (primary N) is 1. The minimum absolute atomic E-state index is 0.377. The smallest absolute Gasteiger partial charge is 0.226 e. The first-order chi connectivity index (χ1) is 10.8. The lowest BCUT2D eigenvalue weighted by Crippen LogP contribution is -2.09. The standard InChI is InChI=1S/C14H18N8/c1-2-3-4-18-14-20-12(15)11-13(21-14)22(9-19-11)8-10-7-16-5-6-17-10/h5-7,9H,2-4,8H2,1H3,(H3,15,18,20,21). The van der Waals surface area contributed by atoms with Crippen molar-refractivity contribution in [3.8, 4) is 0 Å². The molecule has 114 valence electrons. The quantitative estimate of drug-likeness (QED) is 0.663. The number of fused-ring (bicyclic) bond motifs is 1. The average molecular weight is 298 g/mol. The molecule has 0 radical (unpaired) electrons. The number of hydrogen-bond acceptors (Lipinski definition) is 7. The molecule has 3 N–H and O–H groups in total. The van der Waals surface area contributed by atoms with E-state index in [1.54, 1.807) is 24.9 Å². The molecule has 0 saturated heterocycles. The van der Waals surface area contributed by atoms with Crippen molar-refractivity contribution in [2.75, 3.05) is 17.6 Å². The van der Waals surface area contributed by atoms with Crippen LogP contribution < -0.4 is 11.1 Å². The molecule has 0 bridgehead atoms. The van der Waals surface area contributed by atoms with Crippen molar-refractivity contribution in [3.63, 3.8) is 0 Å². The van der Waals surface area contributed by atoms with E-state index in [4.69, 9.17) is 5.73 Å². The summed E-state index contributed by atoms with van der Waals surface area (Å²) >= 11 is 0. The molecule has 0 aromatic carbocycles. The van der Waals surface area contributed by atoms with E-state index in [9.17, 15) is 0 Å². The van der Waals surface area contributed by atoms with E-state index in [0.29, 0.717) is 29.5 Å². The summed E-state index contributed by atoms with van der Waals surface area (Å²) < 4.78 is 1.89. The van der Waals surface area contributed by atoms with Crippen LogP contribution in [0.3, 0.4) is 0 Å². The zero-order chi connectivity index (χ0) is 15.4. The first-order valence-electron chi connectivity index (χ1n) is 7.25. The van der Waals surface area contributed by atoms with Crippen molar-refractivity contribution in [3.05, 3.63) is 30.6 Å². The molecule has 3 heterocycles. The highest BCUT2D eigenvalue weighted by Gasteiger charge is 2.11. The van der Waals surface area contributed by atoms with Crippen LogP contribution in [-0.2, 0) is 6.54 Å². The molecule has 0 amide bonds. The molecule has 0 saturated carbocycles. The molecule has 0 atom stereocenters. The maximum absolute atomic E-state index is 5.97. The molecule has 0 spiro atoms. The summed E-state index contributed by atoms with van der Waals surface area (Å²) in [5.74, 6) is 0.904. The first-order valence-corrected chi connectivity index (χ1v) is 7.25. The van der Waals surface area contributed by atoms with Gasteiger partial charge in [-0.3, -0.25) is 9.97 Å². The van der Waals surface area contributed by atoms with E-state index >= 15 is 0 Å². The Balaban J connectivity index is 1.90. The third-order valence-corrected chi connectivity index (χ3v) is 3.25. The lowest BCUT2D eigenvalue weighted by atomic mass is 10.3. The monoisotopic (exact) mass is 298 g/mol. The van der Waals surface area contributed by atoms with Crippen LogP contribution in [0.15, 0.2) is 24.9 Å². The molecule has 3 rings (SSSR count). The number of nitrogens with one attached hydrogen (secondary N) is 1. The second-order valence-electron chi connectivity index (χ2n) is 4.95. The summed E-state index contributed by atoms with van der Waals surface area (Å²) in [4.78, 5) is 21.4. The van der Waals surface area contributed by atoms with Crippen molar-refractivity contribution in [2.24, 2.45) is 0 Å². The molecule has 0 unspecified atom stereocenters. The Labute approximate surface area is 127 Å². The van der Waals surface area contributed by atoms with Gasteiger partial charge in [0.1, 0.15) is 5.52 Å². The molecule has 0 fully saturated rings. The van der Waals surface area contributed by atoms with Gasteiger partial charge in [0.05, 0.1) is 24.8 Å². The zero-order valence-electron chi connectivity index (χ0n) is 12.4. The number of anilines is 2. The van der Waals surface area contributed by atoms with Gasteiger partial charge in [0.15, 0.2) is 11.5 Å². The molecule has 0 aliphatic rings. The Bertz CT molecular complexity index is 752. The molecular weight excluding hydrogens is 280 g/mol. The molecule has 3 aromatic heterocycles. The lowest BCUT2D eigenvalue weighted by molar-refractivity contribution is 0.780. The van der Waals surface area contributed by atoms with Crippen LogP contribution in [0.5, 0.6) is 0 Å². The Kier molecular flexibility index (Phi) is 4.08. The summed E-state index contributed by atoms with van der Waals surface area (Å²) in [5.41, 5.74) is 8.10. The number of nitrogen functional groups attached to an aromatic ring is 1. The van der Waals surface area contributed by atoms with E-state index < -0.39 is 0 Å². The van der Waals surface area contributed by atoms with Crippen LogP contribution in [-0.4, -0.2) is 36.0 Å². The maximum atomic E-state index is 5.97. The van der Waals surface area contributed by atoms with E-state index in [0.717, 1.165) is 25.1 Å². The molecule has 0 aliphatic heterocycles. The highest BCUT2D eigenvalue weighted by molar-refractivity contribution is 5.82. The second-order valence-corrected chi connectivity index (χ2v) is 4.95. The summed E-state index contributed by atoms with van der Waals surface area (Å²) in [5, 5.41) is 3.19. The fourth-order valence-electron chi connectivity index (χ4n) is 2.12. The van der Waals surface area contributed by atoms with Crippen LogP contribution in [0.4, 0.5) is 11.8 Å². The van der Waals surface area contributed by atoms with Gasteiger partial charge in [-0.05, 0) is 6.42 Å². The average Bonchev–Trinajstić information content (AvgIpc) is 2.92. The fraction of sp³-hybridized carbons (Fsp3) is 0.357. The maximum Gasteiger partial charge on any atom is 0.226 e. The van der Waals surface area contributed by atoms with Gasteiger partial charge in [-0.2, -0.15) is 9.97 Å². The van der Waals surface area contributed by atoms with Crippen LogP contribution in [0, 0.1) is 0 Å². The summed E-state index contributed by atoms with van der Waals surface area (Å²) in [6, 6.07) is 0. The number of rotatable bonds is 6. The molecule has 0 aliphatic carbocycles. The number of unbranched alkanes of at least 4 members (excludes halogenated alkanes) is 1. The topological polar surface area (TPSA) is 107 Å². The summed E-state index contributed by atoms with van der Waals surface area (Å²) in [6.45, 7) is 3.49. The SMILES string of the molecule is CCCCNc1nc(N)c2ncn(Cc3cnccn3)c2n1. The van der Waals surface area contributed by atoms with Crippen molar-refractivity contribution in [1.29, 1.82) is 0 Å². The first kappa shape index (κ1) is 14.2. The van der Waals surface area contributed by atoms with Gasteiger partial charge in [0.25, 0.3) is 0 Å². The van der Waals surface area contributed by atoms with Crippen LogP contribution in [0.25, 0.3) is 11.2 Å². The van der Waals surface area contributed by atoms with Gasteiger partial charge >= 0.3 is 0 Å². The minimum Gasteiger partial charge on any atom is -0.382 e. The third-order valence-electron chi connectivity index (χ3n) is 3.25. The number of aromatic nitrogens is 6. The van der Waals surface area contributed by atoms with Crippen molar-refractivity contribution in [2.45, 2.75) is 26.3 Å². The fourth-order valence-corrected chi connectivity index (χ4v) is 2.12. The van der Waals surface area contributed by atoms with Crippen LogP contribution >= 0.6 is 0 Å². The van der Waals surface area contributed by atoms with Gasteiger partial charge in [0, 0.05) is 18.9 Å². The van der Waals surface area contributed by atoms with Gasteiger partial charge in [0.2, 0.25) is 5.95 Å². The van der Waals surface area contributed by atoms with Crippen molar-refractivity contribution in [1.82, 2.24) is 29.5 Å². The Morgan fingerprint density at radius 3 is 2.91 bits per heavy atom.